The van der Waals surface area contributed by atoms with Crippen molar-refractivity contribution in [3.05, 3.63) is 17.8 Å². The maximum Gasteiger partial charge on any atom is 0.152 e. The molecule has 1 heterocycles. The minimum Gasteiger partial charge on any atom is -0.396 e. The topological polar surface area (TPSA) is 42.2 Å². The highest BCUT2D eigenvalue weighted by molar-refractivity contribution is 5.64. The van der Waals surface area contributed by atoms with Crippen molar-refractivity contribution in [2.45, 2.75) is 38.6 Å². The van der Waals surface area contributed by atoms with E-state index in [4.69, 9.17) is 5.73 Å². The fourth-order valence-corrected chi connectivity index (χ4v) is 2.20. The maximum absolute atomic E-state index is 6.08. The van der Waals surface area contributed by atoms with Crippen LogP contribution in [0.15, 0.2) is 12.3 Å². The van der Waals surface area contributed by atoms with Crippen molar-refractivity contribution in [1.29, 1.82) is 0 Å². The molecule has 86 valence electrons. The van der Waals surface area contributed by atoms with Gasteiger partial charge in [-0.2, -0.15) is 0 Å². The van der Waals surface area contributed by atoms with Crippen molar-refractivity contribution in [1.82, 2.24) is 4.98 Å². The highest BCUT2D eigenvalue weighted by Crippen LogP contribution is 2.38. The molecule has 0 atom stereocenters. The van der Waals surface area contributed by atoms with Crippen LogP contribution in [-0.4, -0.2) is 17.6 Å². The molecular weight excluding hydrogens is 198 g/mol. The lowest BCUT2D eigenvalue weighted by molar-refractivity contribution is 0.710. The SMILES string of the molecule is Cc1cnc(N(CC2CC2)C2CC2)c(N)c1. The highest BCUT2D eigenvalue weighted by Gasteiger charge is 2.35. The molecule has 3 heteroatoms. The fourth-order valence-electron chi connectivity index (χ4n) is 2.20. The van der Waals surface area contributed by atoms with E-state index in [-0.39, 0.29) is 0 Å². The van der Waals surface area contributed by atoms with Gasteiger partial charge in [0.2, 0.25) is 0 Å². The molecule has 0 spiro atoms. The molecule has 16 heavy (non-hydrogen) atoms. The summed E-state index contributed by atoms with van der Waals surface area (Å²) >= 11 is 0. The van der Waals surface area contributed by atoms with Crippen molar-refractivity contribution in [2.24, 2.45) is 5.92 Å². The van der Waals surface area contributed by atoms with Gasteiger partial charge in [0.25, 0.3) is 0 Å². The highest BCUT2D eigenvalue weighted by atomic mass is 15.2. The van der Waals surface area contributed by atoms with E-state index in [2.05, 4.69) is 9.88 Å². The Balaban J connectivity index is 1.85. The van der Waals surface area contributed by atoms with Gasteiger partial charge >= 0.3 is 0 Å². The number of rotatable bonds is 4. The third-order valence-electron chi connectivity index (χ3n) is 3.44. The first-order valence-corrected chi connectivity index (χ1v) is 6.23. The molecule has 2 aliphatic carbocycles. The molecule has 0 saturated heterocycles. The molecule has 3 nitrogen and oxygen atoms in total. The quantitative estimate of drug-likeness (QED) is 0.841. The van der Waals surface area contributed by atoms with Crippen LogP contribution in [0.3, 0.4) is 0 Å². The summed E-state index contributed by atoms with van der Waals surface area (Å²) in [6.45, 7) is 3.19. The van der Waals surface area contributed by atoms with Crippen LogP contribution in [0.1, 0.15) is 31.2 Å². The first kappa shape index (κ1) is 9.94. The van der Waals surface area contributed by atoms with Crippen molar-refractivity contribution >= 4 is 11.5 Å². The lowest BCUT2D eigenvalue weighted by Crippen LogP contribution is -2.29. The van der Waals surface area contributed by atoms with Crippen molar-refractivity contribution in [3.63, 3.8) is 0 Å². The van der Waals surface area contributed by atoms with E-state index in [1.165, 1.54) is 25.7 Å². The van der Waals surface area contributed by atoms with Crippen LogP contribution < -0.4 is 10.6 Å². The van der Waals surface area contributed by atoms with Gasteiger partial charge in [-0.3, -0.25) is 0 Å². The molecule has 0 unspecified atom stereocenters. The van der Waals surface area contributed by atoms with E-state index in [1.807, 2.05) is 19.2 Å². The second-order valence-electron chi connectivity index (χ2n) is 5.25. The summed E-state index contributed by atoms with van der Waals surface area (Å²) in [6, 6.07) is 2.74. The van der Waals surface area contributed by atoms with Crippen LogP contribution in [0, 0.1) is 12.8 Å². The predicted octanol–water partition coefficient (Wildman–Crippen LogP) is 2.35. The van der Waals surface area contributed by atoms with E-state index >= 15 is 0 Å². The van der Waals surface area contributed by atoms with E-state index < -0.39 is 0 Å². The first-order chi connectivity index (χ1) is 7.74. The fraction of sp³-hybridized carbons (Fsp3) is 0.615. The van der Waals surface area contributed by atoms with Gasteiger partial charge in [0.1, 0.15) is 0 Å². The Hall–Kier alpha value is -1.25. The van der Waals surface area contributed by atoms with Crippen molar-refractivity contribution in [3.8, 4) is 0 Å². The molecule has 2 fully saturated rings. The molecule has 0 radical (unpaired) electrons. The van der Waals surface area contributed by atoms with Crippen molar-refractivity contribution < 1.29 is 0 Å². The zero-order valence-electron chi connectivity index (χ0n) is 9.82. The van der Waals surface area contributed by atoms with Gasteiger partial charge in [-0.05, 0) is 50.2 Å². The van der Waals surface area contributed by atoms with Crippen LogP contribution in [0.5, 0.6) is 0 Å². The lowest BCUT2D eigenvalue weighted by atomic mass is 10.2. The number of pyridine rings is 1. The Morgan fingerprint density at radius 2 is 2.12 bits per heavy atom. The van der Waals surface area contributed by atoms with Gasteiger partial charge in [0, 0.05) is 18.8 Å². The largest absolute Gasteiger partial charge is 0.396 e. The molecule has 0 bridgehead atoms. The number of nitrogens with zero attached hydrogens (tertiary/aromatic N) is 2. The summed E-state index contributed by atoms with van der Waals surface area (Å²) in [5.74, 6) is 1.91. The molecular formula is C13H19N3. The van der Waals surface area contributed by atoms with E-state index in [9.17, 15) is 0 Å². The molecule has 1 aromatic heterocycles. The Morgan fingerprint density at radius 1 is 1.38 bits per heavy atom. The van der Waals surface area contributed by atoms with Gasteiger partial charge in [-0.1, -0.05) is 0 Å². The Bertz CT molecular complexity index is 394. The molecule has 3 rings (SSSR count). The Labute approximate surface area is 96.7 Å². The number of hydrogen-bond donors (Lipinski definition) is 1. The molecule has 0 amide bonds. The average Bonchev–Trinajstić information content (AvgIpc) is 3.11. The van der Waals surface area contributed by atoms with Crippen molar-refractivity contribution in [2.75, 3.05) is 17.2 Å². The number of nitrogens with two attached hydrogens (primary N) is 1. The Morgan fingerprint density at radius 3 is 2.69 bits per heavy atom. The minimum atomic E-state index is 0.707. The summed E-state index contributed by atoms with van der Waals surface area (Å²) < 4.78 is 0. The smallest absolute Gasteiger partial charge is 0.152 e. The first-order valence-electron chi connectivity index (χ1n) is 6.23. The molecule has 2 saturated carbocycles. The summed E-state index contributed by atoms with van der Waals surface area (Å²) in [4.78, 5) is 6.96. The van der Waals surface area contributed by atoms with E-state index in [0.717, 1.165) is 29.5 Å². The summed E-state index contributed by atoms with van der Waals surface area (Å²) in [5, 5.41) is 0. The standard InChI is InChI=1S/C13H19N3/c1-9-6-12(14)13(15-7-9)16(11-4-5-11)8-10-2-3-10/h6-7,10-11H,2-5,8,14H2,1H3. The second kappa shape index (κ2) is 3.65. The number of anilines is 2. The number of aryl methyl sites for hydroxylation is 1. The van der Waals surface area contributed by atoms with Gasteiger partial charge in [0.15, 0.2) is 5.82 Å². The van der Waals surface area contributed by atoms with E-state index in [1.54, 1.807) is 0 Å². The van der Waals surface area contributed by atoms with Crippen LogP contribution in [0.2, 0.25) is 0 Å². The molecule has 1 aromatic rings. The second-order valence-corrected chi connectivity index (χ2v) is 5.25. The van der Waals surface area contributed by atoms with Crippen LogP contribution in [-0.2, 0) is 0 Å². The molecule has 0 aliphatic heterocycles. The maximum atomic E-state index is 6.08. The third kappa shape index (κ3) is 1.99. The number of nitrogen functional groups attached to an aromatic ring is 1. The van der Waals surface area contributed by atoms with Gasteiger partial charge in [0.05, 0.1) is 5.69 Å². The molecule has 2 aliphatic rings. The zero-order chi connectivity index (χ0) is 11.1. The Kier molecular flexibility index (Phi) is 2.27. The van der Waals surface area contributed by atoms with E-state index in [0.29, 0.717) is 6.04 Å². The van der Waals surface area contributed by atoms with Gasteiger partial charge in [-0.15, -0.1) is 0 Å². The zero-order valence-corrected chi connectivity index (χ0v) is 9.82. The number of hydrogen-bond acceptors (Lipinski definition) is 3. The number of aromatic nitrogens is 1. The average molecular weight is 217 g/mol. The molecule has 0 aromatic carbocycles. The summed E-state index contributed by atoms with van der Waals surface area (Å²) in [5.41, 5.74) is 8.06. The minimum absolute atomic E-state index is 0.707. The van der Waals surface area contributed by atoms with Crippen LogP contribution in [0.4, 0.5) is 11.5 Å². The summed E-state index contributed by atoms with van der Waals surface area (Å²) in [6.07, 6.45) is 7.31. The van der Waals surface area contributed by atoms with Gasteiger partial charge < -0.3 is 10.6 Å². The predicted molar refractivity (Wildman–Crippen MR) is 66.5 cm³/mol. The third-order valence-corrected chi connectivity index (χ3v) is 3.44. The monoisotopic (exact) mass is 217 g/mol. The lowest BCUT2D eigenvalue weighted by Gasteiger charge is -2.24. The summed E-state index contributed by atoms with van der Waals surface area (Å²) in [7, 11) is 0. The van der Waals surface area contributed by atoms with Crippen LogP contribution in [0.25, 0.3) is 0 Å². The van der Waals surface area contributed by atoms with Gasteiger partial charge in [-0.25, -0.2) is 4.98 Å². The van der Waals surface area contributed by atoms with Crippen LogP contribution >= 0.6 is 0 Å². The molecule has 2 N–H and O–H groups in total. The normalized spacial score (nSPS) is 19.8.